The minimum Gasteiger partial charge on any atom is -0.468 e. The molecule has 2 fully saturated rings. The van der Waals surface area contributed by atoms with Crippen molar-refractivity contribution < 1.29 is 26.4 Å². The zero-order valence-corrected chi connectivity index (χ0v) is 18.2. The number of benzene rings is 1. The molecule has 162 valence electrons. The molecule has 1 aliphatic heterocycles. The number of nitrogens with one attached hydrogen (secondary N) is 1. The summed E-state index contributed by atoms with van der Waals surface area (Å²) in [6.07, 6.45) is 5.72. The van der Waals surface area contributed by atoms with Crippen LogP contribution in [0.25, 0.3) is 0 Å². The van der Waals surface area contributed by atoms with Crippen LogP contribution in [0.15, 0.2) is 34.1 Å². The van der Waals surface area contributed by atoms with Gasteiger partial charge in [0, 0.05) is 13.1 Å². The van der Waals surface area contributed by atoms with Gasteiger partial charge in [0.2, 0.25) is 20.0 Å². The fourth-order valence-corrected chi connectivity index (χ4v) is 6.99. The van der Waals surface area contributed by atoms with Gasteiger partial charge in [0.05, 0.1) is 16.9 Å². The zero-order valence-electron chi connectivity index (χ0n) is 16.6. The number of carbonyl (C=O) groups is 1. The Balaban J connectivity index is 1.85. The summed E-state index contributed by atoms with van der Waals surface area (Å²) in [4.78, 5) is 12.4. The molecule has 0 amide bonds. The first-order valence-corrected chi connectivity index (χ1v) is 12.9. The van der Waals surface area contributed by atoms with Gasteiger partial charge in [-0.2, -0.15) is 9.03 Å². The highest BCUT2D eigenvalue weighted by Crippen LogP contribution is 2.30. The molecule has 1 saturated carbocycles. The Hall–Kier alpha value is -1.49. The molecular formula is C19H28N2O6S2. The van der Waals surface area contributed by atoms with Crippen LogP contribution in [0.4, 0.5) is 0 Å². The molecule has 0 spiro atoms. The van der Waals surface area contributed by atoms with Crippen LogP contribution in [0, 0.1) is 0 Å². The largest absolute Gasteiger partial charge is 0.468 e. The quantitative estimate of drug-likeness (QED) is 0.531. The van der Waals surface area contributed by atoms with Crippen molar-refractivity contribution in [2.24, 2.45) is 0 Å². The van der Waals surface area contributed by atoms with Crippen molar-refractivity contribution >= 4 is 26.0 Å². The number of methoxy groups -OCH3 is 1. The molecule has 2 aliphatic rings. The van der Waals surface area contributed by atoms with Crippen LogP contribution in [0.1, 0.15) is 51.4 Å². The predicted octanol–water partition coefficient (Wildman–Crippen LogP) is 2.02. The predicted molar refractivity (Wildman–Crippen MR) is 107 cm³/mol. The van der Waals surface area contributed by atoms with E-state index in [9.17, 15) is 21.6 Å². The summed E-state index contributed by atoms with van der Waals surface area (Å²) in [5.74, 6) is -0.587. The van der Waals surface area contributed by atoms with Gasteiger partial charge in [-0.15, -0.1) is 0 Å². The van der Waals surface area contributed by atoms with Gasteiger partial charge in [0.25, 0.3) is 0 Å². The molecular weight excluding hydrogens is 416 g/mol. The number of ether oxygens (including phenoxy) is 1. The van der Waals surface area contributed by atoms with E-state index in [-0.39, 0.29) is 9.79 Å². The molecule has 0 unspecified atom stereocenters. The molecule has 1 heterocycles. The Morgan fingerprint density at radius 1 is 0.897 bits per heavy atom. The summed E-state index contributed by atoms with van der Waals surface area (Å²) in [5, 5.41) is 0. The van der Waals surface area contributed by atoms with Crippen molar-refractivity contribution in [3.05, 3.63) is 24.3 Å². The summed E-state index contributed by atoms with van der Waals surface area (Å²) in [6, 6.07) is 5.15. The number of sulfonamides is 2. The lowest BCUT2D eigenvalue weighted by molar-refractivity contribution is -0.148. The molecule has 1 aromatic carbocycles. The fourth-order valence-electron chi connectivity index (χ4n) is 4.06. The Bertz CT molecular complexity index is 927. The Kier molecular flexibility index (Phi) is 6.67. The molecule has 1 aromatic rings. The van der Waals surface area contributed by atoms with E-state index >= 15 is 0 Å². The van der Waals surface area contributed by atoms with Crippen molar-refractivity contribution in [3.63, 3.8) is 0 Å². The second-order valence-electron chi connectivity index (χ2n) is 7.68. The first-order valence-electron chi connectivity index (χ1n) is 9.94. The van der Waals surface area contributed by atoms with Crippen LogP contribution in [0.2, 0.25) is 0 Å². The van der Waals surface area contributed by atoms with E-state index in [0.29, 0.717) is 25.9 Å². The molecule has 1 aliphatic carbocycles. The van der Waals surface area contributed by atoms with Crippen molar-refractivity contribution in [1.29, 1.82) is 0 Å². The van der Waals surface area contributed by atoms with Gasteiger partial charge in [0.15, 0.2) is 0 Å². The highest BCUT2D eigenvalue weighted by Gasteiger charge is 2.43. The summed E-state index contributed by atoms with van der Waals surface area (Å²) in [5.41, 5.74) is -1.29. The fraction of sp³-hybridized carbons (Fsp3) is 0.632. The highest BCUT2D eigenvalue weighted by atomic mass is 32.2. The molecule has 0 radical (unpaired) electrons. The topological polar surface area (TPSA) is 110 Å². The lowest BCUT2D eigenvalue weighted by atomic mass is 9.92. The van der Waals surface area contributed by atoms with Crippen LogP contribution in [0.5, 0.6) is 0 Å². The second-order valence-corrected chi connectivity index (χ2v) is 11.3. The first kappa shape index (κ1) is 22.2. The van der Waals surface area contributed by atoms with Gasteiger partial charge in [0.1, 0.15) is 5.54 Å². The number of hydrogen-bond donors (Lipinski definition) is 1. The molecule has 1 N–H and O–H groups in total. The number of rotatable bonds is 6. The highest BCUT2D eigenvalue weighted by molar-refractivity contribution is 7.90. The van der Waals surface area contributed by atoms with Gasteiger partial charge in [-0.1, -0.05) is 25.7 Å². The number of carbonyl (C=O) groups excluding carboxylic acids is 1. The monoisotopic (exact) mass is 444 g/mol. The van der Waals surface area contributed by atoms with Crippen molar-refractivity contribution in [3.8, 4) is 0 Å². The normalized spacial score (nSPS) is 20.9. The second kappa shape index (κ2) is 8.71. The number of nitrogens with zero attached hydrogens (tertiary/aromatic N) is 1. The summed E-state index contributed by atoms with van der Waals surface area (Å²) in [7, 11) is -6.40. The number of esters is 1. The standard InChI is InChI=1S/C19H28N2O6S2/c1-27-18(22)19(12-4-2-3-5-13-19)20-28(23,24)16-8-10-17(11-9-16)29(25,26)21-14-6-7-15-21/h8-11,20H,2-7,12-15H2,1H3. The molecule has 1 saturated heterocycles. The van der Waals surface area contributed by atoms with Crippen LogP contribution < -0.4 is 4.72 Å². The Morgan fingerprint density at radius 2 is 1.41 bits per heavy atom. The average Bonchev–Trinajstić information content (AvgIpc) is 3.16. The zero-order chi connectivity index (χ0) is 21.1. The van der Waals surface area contributed by atoms with Crippen molar-refractivity contribution in [2.75, 3.05) is 20.2 Å². The molecule has 0 bridgehead atoms. The van der Waals surface area contributed by atoms with Gasteiger partial charge in [-0.05, 0) is 49.9 Å². The van der Waals surface area contributed by atoms with Crippen LogP contribution in [-0.2, 0) is 29.6 Å². The van der Waals surface area contributed by atoms with E-state index in [1.54, 1.807) is 0 Å². The van der Waals surface area contributed by atoms with Crippen LogP contribution in [-0.4, -0.2) is 52.8 Å². The third kappa shape index (κ3) is 4.65. The van der Waals surface area contributed by atoms with Gasteiger partial charge < -0.3 is 4.74 Å². The molecule has 0 aromatic heterocycles. The lowest BCUT2D eigenvalue weighted by Gasteiger charge is -2.30. The lowest BCUT2D eigenvalue weighted by Crippen LogP contribution is -2.54. The van der Waals surface area contributed by atoms with Gasteiger partial charge >= 0.3 is 5.97 Å². The van der Waals surface area contributed by atoms with Crippen LogP contribution >= 0.6 is 0 Å². The summed E-state index contributed by atoms with van der Waals surface area (Å²) >= 11 is 0. The Morgan fingerprint density at radius 3 is 1.93 bits per heavy atom. The van der Waals surface area contributed by atoms with Crippen LogP contribution in [0.3, 0.4) is 0 Å². The third-order valence-electron chi connectivity index (χ3n) is 5.70. The van der Waals surface area contributed by atoms with Crippen molar-refractivity contribution in [2.45, 2.75) is 66.7 Å². The van der Waals surface area contributed by atoms with Crippen molar-refractivity contribution in [1.82, 2.24) is 9.03 Å². The van der Waals surface area contributed by atoms with E-state index in [2.05, 4.69) is 4.72 Å². The van der Waals surface area contributed by atoms with Gasteiger partial charge in [-0.3, -0.25) is 4.79 Å². The van der Waals surface area contributed by atoms with E-state index in [4.69, 9.17) is 4.74 Å². The first-order chi connectivity index (χ1) is 13.7. The summed E-state index contributed by atoms with van der Waals surface area (Å²) in [6.45, 7) is 0.956. The smallest absolute Gasteiger partial charge is 0.327 e. The Labute approximate surface area is 172 Å². The molecule has 10 heteroatoms. The van der Waals surface area contributed by atoms with E-state index in [0.717, 1.165) is 38.5 Å². The maximum absolute atomic E-state index is 13.0. The SMILES string of the molecule is COC(=O)C1(NS(=O)(=O)c2ccc(S(=O)(=O)N3CCCC3)cc2)CCCCCC1. The minimum atomic E-state index is -4.03. The van der Waals surface area contributed by atoms with E-state index < -0.39 is 31.6 Å². The molecule has 29 heavy (non-hydrogen) atoms. The van der Waals surface area contributed by atoms with Gasteiger partial charge in [-0.25, -0.2) is 16.8 Å². The number of hydrogen-bond acceptors (Lipinski definition) is 6. The maximum atomic E-state index is 13.0. The summed E-state index contributed by atoms with van der Waals surface area (Å²) < 4.78 is 60.1. The molecule has 3 rings (SSSR count). The maximum Gasteiger partial charge on any atom is 0.327 e. The van der Waals surface area contributed by atoms with E-state index in [1.165, 1.54) is 35.7 Å². The molecule has 0 atom stereocenters. The van der Waals surface area contributed by atoms with E-state index in [1.807, 2.05) is 0 Å². The third-order valence-corrected chi connectivity index (χ3v) is 9.16. The average molecular weight is 445 g/mol. The minimum absolute atomic E-state index is 0.0653. The molecule has 8 nitrogen and oxygen atoms in total.